The van der Waals surface area contributed by atoms with Gasteiger partial charge in [0.2, 0.25) is 0 Å². The molecule has 0 saturated heterocycles. The first-order chi connectivity index (χ1) is 1.41. The van der Waals surface area contributed by atoms with E-state index in [4.69, 9.17) is 10.5 Å². The second-order valence-electron chi connectivity index (χ2n) is 0.0680. The summed E-state index contributed by atoms with van der Waals surface area (Å²) in [5, 5.41) is 17.5. The quantitative estimate of drug-likeness (QED) is 0.258. The van der Waals surface area contributed by atoms with Crippen LogP contribution in [0.3, 0.4) is 0 Å². The minimum atomic E-state index is 0. The van der Waals surface area contributed by atoms with Crippen molar-refractivity contribution in [2.75, 3.05) is 0 Å². The zero-order valence-electron chi connectivity index (χ0n) is 2.38. The van der Waals surface area contributed by atoms with E-state index in [9.17, 15) is 0 Å². The molecule has 0 aromatic rings. The van der Waals surface area contributed by atoms with Crippen LogP contribution in [0.2, 0.25) is 0 Å². The molecule has 0 spiro atoms. The molecule has 0 unspecified atom stereocenters. The van der Waals surface area contributed by atoms with E-state index in [1.165, 1.54) is 0 Å². The normalized spacial score (nSPS) is 3.60. The van der Waals surface area contributed by atoms with Crippen LogP contribution in [0.5, 0.6) is 0 Å². The summed E-state index contributed by atoms with van der Waals surface area (Å²) in [6, 6.07) is 0. The van der Waals surface area contributed by atoms with Crippen LogP contribution in [-0.4, -0.2) is 24.4 Å². The largest absolute Gasteiger partial charge is 3.00 e. The van der Waals surface area contributed by atoms with Gasteiger partial charge in [-0.2, -0.15) is 0 Å². The number of hydrogen-bond acceptors (Lipinski definition) is 3. The molecule has 0 aliphatic heterocycles. The molecule has 0 saturated carbocycles. The van der Waals surface area contributed by atoms with Crippen molar-refractivity contribution in [3.63, 3.8) is 0 Å². The molecular formula is O3SbZn+3. The van der Waals surface area contributed by atoms with Gasteiger partial charge in [-0.1, -0.05) is 0 Å². The van der Waals surface area contributed by atoms with Gasteiger partial charge in [0.05, 0.1) is 0 Å². The van der Waals surface area contributed by atoms with E-state index >= 15 is 0 Å². The van der Waals surface area contributed by atoms with Gasteiger partial charge in [0.15, 0.2) is 0 Å². The second-order valence-corrected chi connectivity index (χ2v) is 0.0680. The Labute approximate surface area is 59.4 Å². The minimum Gasteiger partial charge on any atom is -0.734 e. The van der Waals surface area contributed by atoms with Crippen LogP contribution in [0.4, 0.5) is 0 Å². The molecule has 0 N–H and O–H groups in total. The standard InChI is InChI=1S/H2O3.Sb.Zn/c1-3-2;;/h1-2H;;/q;+3;+2/p-2. The minimum absolute atomic E-state index is 0. The summed E-state index contributed by atoms with van der Waals surface area (Å²) >= 11 is 0. The third-order valence-corrected chi connectivity index (χ3v) is 0. The van der Waals surface area contributed by atoms with Gasteiger partial charge in [-0.3, -0.25) is 0 Å². The average Bonchev–Trinajstić information content (AvgIpc) is 0.918. The van der Waals surface area contributed by atoms with Crippen molar-refractivity contribution >= 4 is 24.4 Å². The Morgan fingerprint density at radius 1 is 1.20 bits per heavy atom. The second kappa shape index (κ2) is 18.4. The van der Waals surface area contributed by atoms with Crippen molar-refractivity contribution in [2.45, 2.75) is 0 Å². The molecule has 2 radical (unpaired) electrons. The Morgan fingerprint density at radius 2 is 1.20 bits per heavy atom. The maximum Gasteiger partial charge on any atom is 3.00 e. The first kappa shape index (κ1) is 16.2. The summed E-state index contributed by atoms with van der Waals surface area (Å²) in [6.07, 6.45) is 0. The van der Waals surface area contributed by atoms with E-state index in [0.29, 0.717) is 0 Å². The molecule has 0 aliphatic carbocycles. The van der Waals surface area contributed by atoms with E-state index < -0.39 is 0 Å². The molecule has 0 amide bonds. The molecule has 0 bridgehead atoms. The van der Waals surface area contributed by atoms with Crippen molar-refractivity contribution in [3.8, 4) is 0 Å². The summed E-state index contributed by atoms with van der Waals surface area (Å²) in [5.41, 5.74) is 0. The summed E-state index contributed by atoms with van der Waals surface area (Å²) in [6.45, 7) is 0. The number of hydrogen-bond donors (Lipinski definition) is 0. The fourth-order valence-electron chi connectivity index (χ4n) is 0. The fourth-order valence-corrected chi connectivity index (χ4v) is 0. The summed E-state index contributed by atoms with van der Waals surface area (Å²) in [7, 11) is 0. The smallest absolute Gasteiger partial charge is 0.734 e. The van der Waals surface area contributed by atoms with Crippen molar-refractivity contribution in [3.05, 3.63) is 0 Å². The van der Waals surface area contributed by atoms with E-state index in [2.05, 4.69) is 0 Å². The predicted octanol–water partition coefficient (Wildman–Crippen LogP) is -2.83. The molecule has 22 valence electrons. The van der Waals surface area contributed by atoms with Crippen molar-refractivity contribution in [2.24, 2.45) is 0 Å². The summed E-state index contributed by atoms with van der Waals surface area (Å²) < 4.78 is 0. The van der Waals surface area contributed by atoms with Crippen molar-refractivity contribution < 1.29 is 35.0 Å². The molecule has 5 heteroatoms. The Morgan fingerprint density at radius 3 is 1.20 bits per heavy atom. The average molecular weight is 235 g/mol. The van der Waals surface area contributed by atoms with Gasteiger partial charge < -0.3 is 15.6 Å². The Hall–Kier alpha value is 1.32. The molecule has 0 atom stereocenters. The molecule has 0 rings (SSSR count). The van der Waals surface area contributed by atoms with E-state index in [1.54, 1.807) is 5.04 Å². The van der Waals surface area contributed by atoms with Crippen molar-refractivity contribution in [1.29, 1.82) is 0 Å². The maximum atomic E-state index is 7.88. The van der Waals surface area contributed by atoms with Gasteiger partial charge in [-0.05, 0) is 0 Å². The third-order valence-electron chi connectivity index (χ3n) is 0. The van der Waals surface area contributed by atoms with Crippen LogP contribution in [0.15, 0.2) is 0 Å². The SMILES string of the molecule is [O-]O[O-].[Sb+3].[Zn+2]. The summed E-state index contributed by atoms with van der Waals surface area (Å²) in [5.74, 6) is 0. The fraction of sp³-hybridized carbons (Fsp3) is 0. The van der Waals surface area contributed by atoms with E-state index in [0.717, 1.165) is 0 Å². The maximum absolute atomic E-state index is 7.88. The van der Waals surface area contributed by atoms with Crippen LogP contribution in [0.1, 0.15) is 0 Å². The van der Waals surface area contributed by atoms with Crippen LogP contribution < -0.4 is 10.5 Å². The Kier molecular flexibility index (Phi) is 59.8. The molecular weight excluding hydrogens is 235 g/mol. The monoisotopic (exact) mass is 233 g/mol. The topological polar surface area (TPSA) is 55.3 Å². The van der Waals surface area contributed by atoms with Gasteiger partial charge in [0.1, 0.15) is 0 Å². The van der Waals surface area contributed by atoms with Gasteiger partial charge >= 0.3 is 43.9 Å². The van der Waals surface area contributed by atoms with E-state index in [-0.39, 0.29) is 43.9 Å². The molecule has 0 aliphatic rings. The molecule has 0 heterocycles. The van der Waals surface area contributed by atoms with Crippen molar-refractivity contribution in [1.82, 2.24) is 0 Å². The molecule has 5 heavy (non-hydrogen) atoms. The molecule has 0 fully saturated rings. The van der Waals surface area contributed by atoms with Gasteiger partial charge in [0, 0.05) is 0 Å². The van der Waals surface area contributed by atoms with Gasteiger partial charge in [-0.15, -0.1) is 0 Å². The molecule has 3 nitrogen and oxygen atoms in total. The van der Waals surface area contributed by atoms with Crippen LogP contribution in [0.25, 0.3) is 0 Å². The van der Waals surface area contributed by atoms with Crippen LogP contribution >= 0.6 is 0 Å². The molecule has 0 aromatic heterocycles. The van der Waals surface area contributed by atoms with Gasteiger partial charge in [-0.25, -0.2) is 0 Å². The third kappa shape index (κ3) is 33.6. The first-order valence-electron chi connectivity index (χ1n) is 0.333. The zero-order valence-corrected chi connectivity index (χ0v) is 7.90. The predicted molar refractivity (Wildman–Crippen MR) is 6.84 cm³/mol. The molecule has 0 aromatic carbocycles. The summed E-state index contributed by atoms with van der Waals surface area (Å²) in [4.78, 5) is 0. The van der Waals surface area contributed by atoms with Gasteiger partial charge in [0.25, 0.3) is 0 Å². The number of rotatable bonds is 0. The van der Waals surface area contributed by atoms with E-state index in [1.807, 2.05) is 0 Å². The Balaban J connectivity index is -0.0000000200. The van der Waals surface area contributed by atoms with Crippen LogP contribution in [-0.2, 0) is 24.5 Å². The Bertz CT molecular complexity index is 6.85. The van der Waals surface area contributed by atoms with Crippen LogP contribution in [0, 0.1) is 0 Å². The first-order valence-corrected chi connectivity index (χ1v) is 0.333. The zero-order chi connectivity index (χ0) is 2.71.